The van der Waals surface area contributed by atoms with E-state index in [0.717, 1.165) is 0 Å². The van der Waals surface area contributed by atoms with Crippen LogP contribution in [0.4, 0.5) is 14.5 Å². The molecule has 1 N–H and O–H groups in total. The molecule has 1 saturated carbocycles. The maximum atomic E-state index is 13.3. The summed E-state index contributed by atoms with van der Waals surface area (Å²) in [7, 11) is -3.12. The fraction of sp³-hybridized carbons (Fsp3) is 0.750. The first-order valence-corrected chi connectivity index (χ1v) is 10.2. The van der Waals surface area contributed by atoms with E-state index < -0.39 is 32.6 Å². The zero-order valence-electron chi connectivity index (χ0n) is 14.3. The molecule has 2 bridgehead atoms. The van der Waals surface area contributed by atoms with E-state index in [-0.39, 0.29) is 36.1 Å². The van der Waals surface area contributed by atoms with E-state index in [0.29, 0.717) is 19.4 Å². The van der Waals surface area contributed by atoms with Crippen LogP contribution < -0.4 is 5.32 Å². The van der Waals surface area contributed by atoms with Crippen molar-refractivity contribution in [2.24, 2.45) is 11.3 Å². The van der Waals surface area contributed by atoms with Crippen LogP contribution in [0.2, 0.25) is 0 Å². The summed E-state index contributed by atoms with van der Waals surface area (Å²) in [6.45, 7) is 4.37. The van der Waals surface area contributed by atoms with E-state index >= 15 is 0 Å². The van der Waals surface area contributed by atoms with Gasteiger partial charge in [-0.2, -0.15) is 5.10 Å². The van der Waals surface area contributed by atoms with Crippen LogP contribution >= 0.6 is 0 Å². The molecule has 6 nitrogen and oxygen atoms in total. The minimum Gasteiger partial charge on any atom is -0.323 e. The number of sulfone groups is 1. The van der Waals surface area contributed by atoms with Gasteiger partial charge in [0.15, 0.2) is 15.5 Å². The van der Waals surface area contributed by atoms with Crippen molar-refractivity contribution in [1.29, 1.82) is 0 Å². The molecule has 2 heterocycles. The fourth-order valence-corrected chi connectivity index (χ4v) is 5.91. The van der Waals surface area contributed by atoms with Gasteiger partial charge in [-0.05, 0) is 31.6 Å². The normalized spacial score (nSPS) is 27.8. The summed E-state index contributed by atoms with van der Waals surface area (Å²) < 4.78 is 51.9. The molecule has 2 aliphatic rings. The second kappa shape index (κ2) is 6.34. The summed E-state index contributed by atoms with van der Waals surface area (Å²) in [5.41, 5.74) is -1.19. The molecular weight excluding hydrogens is 352 g/mol. The molecule has 0 spiro atoms. The molecule has 1 saturated heterocycles. The summed E-state index contributed by atoms with van der Waals surface area (Å²) >= 11 is 0. The molecule has 2 unspecified atom stereocenters. The van der Waals surface area contributed by atoms with Gasteiger partial charge < -0.3 is 5.32 Å². The number of nitrogens with one attached hydrogen (secondary N) is 1. The molecule has 3 rings (SSSR count). The molecule has 1 aromatic rings. The Labute approximate surface area is 145 Å². The van der Waals surface area contributed by atoms with Crippen LogP contribution in [0.15, 0.2) is 6.20 Å². The number of rotatable bonds is 5. The number of alkyl halides is 2. The molecule has 1 aromatic heterocycles. The van der Waals surface area contributed by atoms with Crippen molar-refractivity contribution >= 4 is 21.4 Å². The lowest BCUT2D eigenvalue weighted by Gasteiger charge is -2.31. The zero-order valence-corrected chi connectivity index (χ0v) is 15.2. The number of fused-ring (bicyclic) bond motifs is 2. The monoisotopic (exact) mass is 375 g/mol. The van der Waals surface area contributed by atoms with Gasteiger partial charge in [-0.15, -0.1) is 0 Å². The number of hydrogen-bond donors (Lipinski definition) is 1. The Morgan fingerprint density at radius 3 is 2.80 bits per heavy atom. The highest BCUT2D eigenvalue weighted by Crippen LogP contribution is 2.49. The Kier molecular flexibility index (Phi) is 4.63. The molecule has 0 aromatic carbocycles. The molecule has 1 aliphatic heterocycles. The largest absolute Gasteiger partial charge is 0.323 e. The first-order chi connectivity index (χ1) is 11.6. The van der Waals surface area contributed by atoms with Gasteiger partial charge in [0.05, 0.1) is 22.1 Å². The van der Waals surface area contributed by atoms with E-state index in [9.17, 15) is 22.0 Å². The predicted octanol–water partition coefficient (Wildman–Crippen LogP) is 2.77. The predicted molar refractivity (Wildman–Crippen MR) is 89.1 cm³/mol. The molecule has 2 atom stereocenters. The SMILES string of the molecule is CC(C)Cn1cc(NC(=O)C23CCC(C2)S(=O)(=O)CC3)c(C(F)F)n1. The Hall–Kier alpha value is -1.51. The van der Waals surface area contributed by atoms with Gasteiger partial charge in [0.25, 0.3) is 6.43 Å². The molecule has 1 aliphatic carbocycles. The van der Waals surface area contributed by atoms with Gasteiger partial charge in [-0.1, -0.05) is 13.8 Å². The van der Waals surface area contributed by atoms with Crippen LogP contribution in [0.1, 0.15) is 51.7 Å². The molecule has 9 heteroatoms. The maximum absolute atomic E-state index is 13.3. The van der Waals surface area contributed by atoms with Crippen molar-refractivity contribution < 1.29 is 22.0 Å². The Balaban J connectivity index is 1.80. The van der Waals surface area contributed by atoms with Crippen LogP contribution in [0, 0.1) is 11.3 Å². The third-order valence-corrected chi connectivity index (χ3v) is 7.41. The maximum Gasteiger partial charge on any atom is 0.284 e. The van der Waals surface area contributed by atoms with E-state index in [2.05, 4.69) is 10.4 Å². The molecule has 140 valence electrons. The highest BCUT2D eigenvalue weighted by molar-refractivity contribution is 7.92. The second-order valence-corrected chi connectivity index (χ2v) is 9.96. The first kappa shape index (κ1) is 18.3. The van der Waals surface area contributed by atoms with Gasteiger partial charge in [0, 0.05) is 12.7 Å². The van der Waals surface area contributed by atoms with E-state index in [1.54, 1.807) is 0 Å². The van der Waals surface area contributed by atoms with E-state index in [1.807, 2.05) is 13.8 Å². The summed E-state index contributed by atoms with van der Waals surface area (Å²) in [5, 5.41) is 6.01. The highest BCUT2D eigenvalue weighted by Gasteiger charge is 2.53. The average Bonchev–Trinajstić information content (AvgIpc) is 3.07. The Morgan fingerprint density at radius 1 is 1.44 bits per heavy atom. The number of carbonyl (C=O) groups is 1. The smallest absolute Gasteiger partial charge is 0.284 e. The third kappa shape index (κ3) is 3.43. The number of hydrogen-bond acceptors (Lipinski definition) is 4. The van der Waals surface area contributed by atoms with E-state index in [1.165, 1.54) is 10.9 Å². The van der Waals surface area contributed by atoms with Crippen LogP contribution in [-0.4, -0.2) is 35.1 Å². The number of halogens is 2. The van der Waals surface area contributed by atoms with Crippen molar-refractivity contribution in [2.45, 2.75) is 57.8 Å². The van der Waals surface area contributed by atoms with Crippen molar-refractivity contribution in [3.05, 3.63) is 11.9 Å². The standard InChI is InChI=1S/C16H23F2N3O3S/c1-10(2)8-21-9-12(13(20-21)14(17)18)19-15(22)16-4-3-11(7-16)25(23,24)6-5-16/h9-11,14H,3-8H2,1-2H3,(H,19,22). The first-order valence-electron chi connectivity index (χ1n) is 8.51. The Morgan fingerprint density at radius 2 is 2.16 bits per heavy atom. The van der Waals surface area contributed by atoms with Crippen molar-refractivity contribution in [3.63, 3.8) is 0 Å². The van der Waals surface area contributed by atoms with Crippen molar-refractivity contribution in [3.8, 4) is 0 Å². The lowest BCUT2D eigenvalue weighted by Crippen LogP contribution is -2.41. The van der Waals surface area contributed by atoms with Crippen molar-refractivity contribution in [2.75, 3.05) is 11.1 Å². The van der Waals surface area contributed by atoms with Crippen molar-refractivity contribution in [1.82, 2.24) is 9.78 Å². The summed E-state index contributed by atoms with van der Waals surface area (Å²) in [5.74, 6) is -0.151. The molecule has 0 radical (unpaired) electrons. The molecule has 1 amide bonds. The van der Waals surface area contributed by atoms with Crippen LogP contribution in [0.3, 0.4) is 0 Å². The topological polar surface area (TPSA) is 81.1 Å². The van der Waals surface area contributed by atoms with Gasteiger partial charge in [0.2, 0.25) is 5.91 Å². The Bertz CT molecular complexity index is 776. The zero-order chi connectivity index (χ0) is 18.4. The lowest BCUT2D eigenvalue weighted by atomic mass is 9.82. The fourth-order valence-electron chi connectivity index (χ4n) is 3.85. The summed E-state index contributed by atoms with van der Waals surface area (Å²) in [6.07, 6.45) is 0.121. The minimum absolute atomic E-state index is 0.0145. The van der Waals surface area contributed by atoms with Gasteiger partial charge in [-0.25, -0.2) is 17.2 Å². The van der Waals surface area contributed by atoms with Crippen LogP contribution in [0.5, 0.6) is 0 Å². The number of carbonyl (C=O) groups excluding carboxylic acids is 1. The lowest BCUT2D eigenvalue weighted by molar-refractivity contribution is -0.125. The second-order valence-electron chi connectivity index (χ2n) is 7.56. The van der Waals surface area contributed by atoms with E-state index in [4.69, 9.17) is 0 Å². The van der Waals surface area contributed by atoms with Gasteiger partial charge in [-0.3, -0.25) is 9.48 Å². The summed E-state index contributed by atoms with van der Waals surface area (Å²) in [4.78, 5) is 12.8. The van der Waals surface area contributed by atoms with Gasteiger partial charge in [0.1, 0.15) is 0 Å². The number of aromatic nitrogens is 2. The molecule has 2 fully saturated rings. The number of anilines is 1. The number of nitrogens with zero attached hydrogens (tertiary/aromatic N) is 2. The van der Waals surface area contributed by atoms with Gasteiger partial charge >= 0.3 is 0 Å². The quantitative estimate of drug-likeness (QED) is 0.858. The number of amides is 1. The van der Waals surface area contributed by atoms with Crippen LogP contribution in [0.25, 0.3) is 0 Å². The summed E-state index contributed by atoms with van der Waals surface area (Å²) in [6, 6.07) is 0. The minimum atomic E-state index is -3.12. The average molecular weight is 375 g/mol. The van der Waals surface area contributed by atoms with Crippen LogP contribution in [-0.2, 0) is 21.2 Å². The molecular formula is C16H23F2N3O3S. The third-order valence-electron chi connectivity index (χ3n) is 5.22. The highest BCUT2D eigenvalue weighted by atomic mass is 32.2. The molecule has 25 heavy (non-hydrogen) atoms.